The van der Waals surface area contributed by atoms with Gasteiger partial charge in [0.25, 0.3) is 0 Å². The summed E-state index contributed by atoms with van der Waals surface area (Å²) < 4.78 is 0. The van der Waals surface area contributed by atoms with E-state index in [0.717, 1.165) is 6.42 Å². The summed E-state index contributed by atoms with van der Waals surface area (Å²) in [7, 11) is 0. The van der Waals surface area contributed by atoms with Gasteiger partial charge in [-0.3, -0.25) is 0 Å². The molecule has 1 aliphatic carbocycles. The zero-order chi connectivity index (χ0) is 23.8. The lowest BCUT2D eigenvalue weighted by Gasteiger charge is -2.24. The van der Waals surface area contributed by atoms with E-state index >= 15 is 0 Å². The fourth-order valence-electron chi connectivity index (χ4n) is 5.51. The first-order valence-electron chi connectivity index (χ1n) is 12.4. The van der Waals surface area contributed by atoms with Gasteiger partial charge < -0.3 is 0 Å². The van der Waals surface area contributed by atoms with Crippen LogP contribution in [-0.4, -0.2) is 0 Å². The molecule has 0 amide bonds. The van der Waals surface area contributed by atoms with Gasteiger partial charge in [0.15, 0.2) is 0 Å². The number of benzene rings is 4. The first kappa shape index (κ1) is 22.4. The lowest BCUT2D eigenvalue weighted by Crippen LogP contribution is -2.09. The van der Waals surface area contributed by atoms with Crippen molar-refractivity contribution in [1.82, 2.24) is 0 Å². The molecule has 0 saturated carbocycles. The lowest BCUT2D eigenvalue weighted by atomic mass is 9.79. The monoisotopic (exact) mass is 442 g/mol. The number of hydrogen-bond acceptors (Lipinski definition) is 0. The molecule has 4 aromatic carbocycles. The molecule has 0 aliphatic heterocycles. The van der Waals surface area contributed by atoms with Crippen LogP contribution in [0.1, 0.15) is 73.0 Å². The first-order valence-corrected chi connectivity index (χ1v) is 12.4. The van der Waals surface area contributed by atoms with Crippen molar-refractivity contribution in [3.63, 3.8) is 0 Å². The highest BCUT2D eigenvalue weighted by molar-refractivity contribution is 5.74. The Labute approximate surface area is 205 Å². The molecule has 170 valence electrons. The largest absolute Gasteiger partial charge is 0.0617 e. The Bertz CT molecular complexity index is 1390. The van der Waals surface area contributed by atoms with Crippen LogP contribution >= 0.6 is 0 Å². The Morgan fingerprint density at radius 3 is 2.09 bits per heavy atom. The second-order valence-corrected chi connectivity index (χ2v) is 10.1. The lowest BCUT2D eigenvalue weighted by molar-refractivity contribution is 0.655. The molecule has 2 unspecified atom stereocenters. The predicted molar refractivity (Wildman–Crippen MR) is 147 cm³/mol. The van der Waals surface area contributed by atoms with Gasteiger partial charge in [-0.05, 0) is 103 Å². The third-order valence-electron chi connectivity index (χ3n) is 7.73. The Morgan fingerprint density at radius 1 is 0.618 bits per heavy atom. The quantitative estimate of drug-likeness (QED) is 0.277. The second kappa shape index (κ2) is 9.11. The molecule has 0 heteroatoms. The zero-order valence-electron chi connectivity index (χ0n) is 21.0. The molecular weight excluding hydrogens is 408 g/mol. The summed E-state index contributed by atoms with van der Waals surface area (Å²) in [6, 6.07) is 29.8. The van der Waals surface area contributed by atoms with E-state index in [1.165, 1.54) is 61.2 Å². The van der Waals surface area contributed by atoms with E-state index in [0.29, 0.717) is 11.8 Å². The summed E-state index contributed by atoms with van der Waals surface area (Å²) in [6.07, 6.45) is 5.69. The topological polar surface area (TPSA) is 0 Å². The van der Waals surface area contributed by atoms with Crippen LogP contribution in [0.3, 0.4) is 0 Å². The predicted octanol–water partition coefficient (Wildman–Crippen LogP) is 8.87. The maximum atomic E-state index is 2.42. The van der Waals surface area contributed by atoms with Gasteiger partial charge in [0.1, 0.15) is 0 Å². The van der Waals surface area contributed by atoms with Crippen molar-refractivity contribution in [3.05, 3.63) is 140 Å². The van der Waals surface area contributed by atoms with Crippen LogP contribution in [0.5, 0.6) is 0 Å². The molecule has 1 aliphatic rings. The molecular formula is C34H34. The zero-order valence-corrected chi connectivity index (χ0v) is 21.0. The van der Waals surface area contributed by atoms with Gasteiger partial charge in [0.2, 0.25) is 0 Å². The van der Waals surface area contributed by atoms with Gasteiger partial charge in [-0.15, -0.1) is 0 Å². The highest BCUT2D eigenvalue weighted by Gasteiger charge is 2.36. The van der Waals surface area contributed by atoms with E-state index in [1.807, 2.05) is 0 Å². The average Bonchev–Trinajstić information content (AvgIpc) is 3.22. The van der Waals surface area contributed by atoms with Gasteiger partial charge >= 0.3 is 0 Å². The Balaban J connectivity index is 1.62. The van der Waals surface area contributed by atoms with Gasteiger partial charge in [0.05, 0.1) is 0 Å². The molecule has 0 spiro atoms. The van der Waals surface area contributed by atoms with Crippen LogP contribution in [0.2, 0.25) is 0 Å². The fraction of sp³-hybridized carbons (Fsp3) is 0.235. The van der Waals surface area contributed by atoms with Crippen LogP contribution in [0.25, 0.3) is 12.2 Å². The third kappa shape index (κ3) is 4.26. The average molecular weight is 443 g/mol. The van der Waals surface area contributed by atoms with Crippen molar-refractivity contribution < 1.29 is 0 Å². The van der Waals surface area contributed by atoms with E-state index in [9.17, 15) is 0 Å². The minimum absolute atomic E-state index is 0.359. The minimum atomic E-state index is 0.359. The second-order valence-electron chi connectivity index (χ2n) is 10.1. The summed E-state index contributed by atoms with van der Waals surface area (Å²) in [5, 5.41) is 0. The smallest absolute Gasteiger partial charge is 0.0170 e. The van der Waals surface area contributed by atoms with Crippen LogP contribution in [-0.2, 0) is 6.42 Å². The highest BCUT2D eigenvalue weighted by Crippen LogP contribution is 2.49. The van der Waals surface area contributed by atoms with Crippen molar-refractivity contribution in [3.8, 4) is 0 Å². The normalized spacial score (nSPS) is 17.3. The van der Waals surface area contributed by atoms with Crippen LogP contribution < -0.4 is 0 Å². The van der Waals surface area contributed by atoms with Crippen LogP contribution in [0, 0.1) is 34.6 Å². The Hall–Kier alpha value is -3.38. The number of fused-ring (bicyclic) bond motifs is 1. The van der Waals surface area contributed by atoms with Gasteiger partial charge in [0, 0.05) is 5.92 Å². The molecule has 0 nitrogen and oxygen atoms in total. The third-order valence-corrected chi connectivity index (χ3v) is 7.73. The molecule has 0 heterocycles. The molecule has 5 rings (SSSR count). The van der Waals surface area contributed by atoms with Gasteiger partial charge in [-0.2, -0.15) is 0 Å². The summed E-state index contributed by atoms with van der Waals surface area (Å²) in [6.45, 7) is 11.0. The van der Waals surface area contributed by atoms with Crippen LogP contribution in [0.15, 0.2) is 78.9 Å². The van der Waals surface area contributed by atoms with E-state index in [2.05, 4.69) is 126 Å². The highest BCUT2D eigenvalue weighted by atomic mass is 14.4. The summed E-state index contributed by atoms with van der Waals surface area (Å²) in [5.41, 5.74) is 15.2. The standard InChI is InChI=1S/C34H34/c1-22-8-6-10-30(18-22)34-32(29-16-13-24(3)26(5)20-29)21-31-11-7-9-28(33(31)34)17-15-27-14-12-23(2)25(4)19-27/h6-20,32,34H,21H2,1-5H3/b17-15+. The van der Waals surface area contributed by atoms with Gasteiger partial charge in [-0.1, -0.05) is 96.6 Å². The summed E-state index contributed by atoms with van der Waals surface area (Å²) in [5.74, 6) is 0.810. The number of rotatable bonds is 4. The molecule has 0 N–H and O–H groups in total. The van der Waals surface area contributed by atoms with Crippen LogP contribution in [0.4, 0.5) is 0 Å². The number of aryl methyl sites for hydroxylation is 5. The number of hydrogen-bond donors (Lipinski definition) is 0. The molecule has 2 atom stereocenters. The van der Waals surface area contributed by atoms with E-state index in [-0.39, 0.29) is 0 Å². The molecule has 34 heavy (non-hydrogen) atoms. The van der Waals surface area contributed by atoms with Crippen molar-refractivity contribution >= 4 is 12.2 Å². The van der Waals surface area contributed by atoms with Gasteiger partial charge in [-0.25, -0.2) is 0 Å². The van der Waals surface area contributed by atoms with Crippen molar-refractivity contribution in [1.29, 1.82) is 0 Å². The Kier molecular flexibility index (Phi) is 6.00. The molecule has 0 saturated heterocycles. The fourth-order valence-corrected chi connectivity index (χ4v) is 5.51. The molecule has 0 aromatic heterocycles. The summed E-state index contributed by atoms with van der Waals surface area (Å²) >= 11 is 0. The summed E-state index contributed by atoms with van der Waals surface area (Å²) in [4.78, 5) is 0. The first-order chi connectivity index (χ1) is 16.4. The minimum Gasteiger partial charge on any atom is -0.0617 e. The molecule has 0 radical (unpaired) electrons. The molecule has 0 bridgehead atoms. The van der Waals surface area contributed by atoms with Crippen molar-refractivity contribution in [2.24, 2.45) is 0 Å². The van der Waals surface area contributed by atoms with Crippen molar-refractivity contribution in [2.45, 2.75) is 52.9 Å². The van der Waals surface area contributed by atoms with E-state index in [1.54, 1.807) is 0 Å². The van der Waals surface area contributed by atoms with E-state index in [4.69, 9.17) is 0 Å². The SMILES string of the molecule is Cc1cccc(C2c3c(/C=C/c4ccc(C)c(C)c4)cccc3CC2c2ccc(C)c(C)c2)c1. The van der Waals surface area contributed by atoms with Crippen molar-refractivity contribution in [2.75, 3.05) is 0 Å². The molecule has 4 aromatic rings. The molecule has 0 fully saturated rings. The Morgan fingerprint density at radius 2 is 1.35 bits per heavy atom. The maximum absolute atomic E-state index is 2.42. The maximum Gasteiger partial charge on any atom is 0.0170 e. The van der Waals surface area contributed by atoms with E-state index < -0.39 is 0 Å².